The third kappa shape index (κ3) is 1.08. The quantitative estimate of drug-likeness (QED) is 0.251. The zero-order valence-corrected chi connectivity index (χ0v) is 6.30. The van der Waals surface area contributed by atoms with Crippen LogP contribution in [0.2, 0.25) is 0 Å². The van der Waals surface area contributed by atoms with E-state index in [-0.39, 0.29) is 5.41 Å². The van der Waals surface area contributed by atoms with Gasteiger partial charge >= 0.3 is 0 Å². The molecule has 0 aromatic rings. The number of amidine groups is 1. The molecule has 0 aliphatic heterocycles. The van der Waals surface area contributed by atoms with E-state index in [9.17, 15) is 0 Å². The van der Waals surface area contributed by atoms with Gasteiger partial charge in [0.15, 0.2) is 0 Å². The smallest absolute Gasteiger partial charge is 0.145 e. The molecule has 10 heavy (non-hydrogen) atoms. The Morgan fingerprint density at radius 3 is 2.40 bits per heavy atom. The summed E-state index contributed by atoms with van der Waals surface area (Å²) >= 11 is 0. The zero-order chi connectivity index (χ0) is 7.61. The second-order valence-electron chi connectivity index (χ2n) is 3.25. The van der Waals surface area contributed by atoms with Crippen molar-refractivity contribution >= 4 is 5.84 Å². The average molecular weight is 142 g/mol. The summed E-state index contributed by atoms with van der Waals surface area (Å²) in [7, 11) is 0. The van der Waals surface area contributed by atoms with Gasteiger partial charge in [0, 0.05) is 5.41 Å². The van der Waals surface area contributed by atoms with Gasteiger partial charge in [0.25, 0.3) is 0 Å². The molecule has 1 aliphatic carbocycles. The summed E-state index contributed by atoms with van der Waals surface area (Å²) in [6.45, 7) is 2.05. The van der Waals surface area contributed by atoms with Crippen molar-refractivity contribution in [2.75, 3.05) is 0 Å². The van der Waals surface area contributed by atoms with E-state index in [1.165, 1.54) is 12.8 Å². The first-order valence-electron chi connectivity index (χ1n) is 3.67. The van der Waals surface area contributed by atoms with Crippen molar-refractivity contribution in [1.29, 1.82) is 0 Å². The first kappa shape index (κ1) is 7.38. The molecule has 0 amide bonds. The molecule has 1 saturated carbocycles. The Labute approximate surface area is 60.9 Å². The molecule has 0 bridgehead atoms. The van der Waals surface area contributed by atoms with Gasteiger partial charge in [0.05, 0.1) is 0 Å². The fourth-order valence-corrected chi connectivity index (χ4v) is 1.53. The van der Waals surface area contributed by atoms with Crippen LogP contribution in [0.5, 0.6) is 0 Å². The topological polar surface area (TPSA) is 58.6 Å². The van der Waals surface area contributed by atoms with Crippen molar-refractivity contribution in [3.8, 4) is 0 Å². The molecular weight excluding hydrogens is 128 g/mol. The van der Waals surface area contributed by atoms with Crippen LogP contribution in [0.3, 0.4) is 0 Å². The van der Waals surface area contributed by atoms with Crippen LogP contribution in [-0.4, -0.2) is 11.0 Å². The summed E-state index contributed by atoms with van der Waals surface area (Å²) < 4.78 is 0. The highest BCUT2D eigenvalue weighted by Crippen LogP contribution is 2.37. The number of nitrogens with zero attached hydrogens (tertiary/aromatic N) is 1. The van der Waals surface area contributed by atoms with E-state index in [4.69, 9.17) is 10.9 Å². The minimum Gasteiger partial charge on any atom is -0.409 e. The van der Waals surface area contributed by atoms with Crippen LogP contribution in [-0.2, 0) is 0 Å². The maximum absolute atomic E-state index is 8.42. The van der Waals surface area contributed by atoms with Gasteiger partial charge in [-0.15, -0.1) is 0 Å². The normalized spacial score (nSPS) is 25.1. The molecule has 0 heterocycles. The van der Waals surface area contributed by atoms with Crippen LogP contribution in [0.4, 0.5) is 0 Å². The highest BCUT2D eigenvalue weighted by Gasteiger charge is 2.32. The van der Waals surface area contributed by atoms with Gasteiger partial charge in [0.1, 0.15) is 5.84 Å². The van der Waals surface area contributed by atoms with Crippen LogP contribution in [0.15, 0.2) is 5.16 Å². The summed E-state index contributed by atoms with van der Waals surface area (Å²) in [6, 6.07) is 0. The molecule has 1 rings (SSSR count). The minimum absolute atomic E-state index is 0.0191. The Morgan fingerprint density at radius 2 is 2.00 bits per heavy atom. The maximum atomic E-state index is 8.42. The lowest BCUT2D eigenvalue weighted by atomic mass is 9.88. The molecule has 0 atom stereocenters. The Hall–Kier alpha value is -0.730. The molecule has 0 saturated heterocycles. The Bertz CT molecular complexity index is 148. The third-order valence-electron chi connectivity index (χ3n) is 2.43. The lowest BCUT2D eigenvalue weighted by Gasteiger charge is -2.20. The van der Waals surface area contributed by atoms with Gasteiger partial charge < -0.3 is 10.9 Å². The van der Waals surface area contributed by atoms with Crippen molar-refractivity contribution in [3.05, 3.63) is 0 Å². The predicted octanol–water partition coefficient (Wildman–Crippen LogP) is 1.31. The second kappa shape index (κ2) is 2.48. The molecule has 1 fully saturated rings. The standard InChI is InChI=1S/C7H14N2O/c1-7(6(8)9-10)4-2-3-5-7/h10H,2-5H2,1H3,(H2,8,9). The zero-order valence-electron chi connectivity index (χ0n) is 6.30. The first-order valence-corrected chi connectivity index (χ1v) is 3.67. The molecular formula is C7H14N2O. The fraction of sp³-hybridized carbons (Fsp3) is 0.857. The monoisotopic (exact) mass is 142 g/mol. The molecule has 0 aromatic heterocycles. The van der Waals surface area contributed by atoms with Gasteiger partial charge in [-0.05, 0) is 12.8 Å². The highest BCUT2D eigenvalue weighted by molar-refractivity contribution is 5.85. The molecule has 3 heteroatoms. The summed E-state index contributed by atoms with van der Waals surface area (Å²) in [5.74, 6) is 0.394. The minimum atomic E-state index is -0.0191. The molecule has 58 valence electrons. The van der Waals surface area contributed by atoms with Gasteiger partial charge in [-0.25, -0.2) is 0 Å². The van der Waals surface area contributed by atoms with Crippen LogP contribution in [0.25, 0.3) is 0 Å². The second-order valence-corrected chi connectivity index (χ2v) is 3.25. The molecule has 0 aromatic carbocycles. The number of oxime groups is 1. The Morgan fingerprint density at radius 1 is 1.50 bits per heavy atom. The number of hydrogen-bond donors (Lipinski definition) is 2. The van der Waals surface area contributed by atoms with Crippen molar-refractivity contribution in [3.63, 3.8) is 0 Å². The summed E-state index contributed by atoms with van der Waals surface area (Å²) in [5, 5.41) is 11.5. The van der Waals surface area contributed by atoms with E-state index in [0.29, 0.717) is 5.84 Å². The van der Waals surface area contributed by atoms with Gasteiger partial charge in [0.2, 0.25) is 0 Å². The number of rotatable bonds is 1. The van der Waals surface area contributed by atoms with E-state index in [1.807, 2.05) is 0 Å². The van der Waals surface area contributed by atoms with Crippen molar-refractivity contribution in [1.82, 2.24) is 0 Å². The lowest BCUT2D eigenvalue weighted by molar-refractivity contribution is 0.305. The first-order chi connectivity index (χ1) is 4.69. The van der Waals surface area contributed by atoms with Crippen molar-refractivity contribution < 1.29 is 5.21 Å². The summed E-state index contributed by atoms with van der Waals surface area (Å²) in [4.78, 5) is 0. The van der Waals surface area contributed by atoms with Gasteiger partial charge in [-0.3, -0.25) is 0 Å². The Balaban J connectivity index is 2.67. The molecule has 0 radical (unpaired) electrons. The largest absolute Gasteiger partial charge is 0.409 e. The maximum Gasteiger partial charge on any atom is 0.145 e. The van der Waals surface area contributed by atoms with Crippen LogP contribution in [0, 0.1) is 5.41 Å². The van der Waals surface area contributed by atoms with E-state index in [0.717, 1.165) is 12.8 Å². The van der Waals surface area contributed by atoms with E-state index in [2.05, 4.69) is 12.1 Å². The third-order valence-corrected chi connectivity index (χ3v) is 2.43. The van der Waals surface area contributed by atoms with Gasteiger partial charge in [-0.1, -0.05) is 24.9 Å². The SMILES string of the molecule is CC1(/C(N)=N/O)CCCC1. The molecule has 1 aliphatic rings. The van der Waals surface area contributed by atoms with Crippen LogP contribution < -0.4 is 5.73 Å². The number of nitrogens with two attached hydrogens (primary N) is 1. The van der Waals surface area contributed by atoms with Crippen molar-refractivity contribution in [2.24, 2.45) is 16.3 Å². The van der Waals surface area contributed by atoms with Crippen LogP contribution in [0.1, 0.15) is 32.6 Å². The highest BCUT2D eigenvalue weighted by atomic mass is 16.4. The van der Waals surface area contributed by atoms with Gasteiger partial charge in [-0.2, -0.15) is 0 Å². The molecule has 0 unspecified atom stereocenters. The average Bonchev–Trinajstić information content (AvgIpc) is 2.36. The predicted molar refractivity (Wildman–Crippen MR) is 40.0 cm³/mol. The number of hydrogen-bond acceptors (Lipinski definition) is 2. The summed E-state index contributed by atoms with van der Waals surface area (Å²) in [6.07, 6.45) is 4.52. The van der Waals surface area contributed by atoms with E-state index >= 15 is 0 Å². The van der Waals surface area contributed by atoms with E-state index < -0.39 is 0 Å². The summed E-state index contributed by atoms with van der Waals surface area (Å²) in [5.41, 5.74) is 5.49. The molecule has 0 spiro atoms. The van der Waals surface area contributed by atoms with E-state index in [1.54, 1.807) is 0 Å². The van der Waals surface area contributed by atoms with Crippen LogP contribution >= 0.6 is 0 Å². The van der Waals surface area contributed by atoms with Crippen molar-refractivity contribution in [2.45, 2.75) is 32.6 Å². The lowest BCUT2D eigenvalue weighted by Crippen LogP contribution is -2.31. The molecule has 3 N–H and O–H groups in total. The molecule has 3 nitrogen and oxygen atoms in total. The fourth-order valence-electron chi connectivity index (χ4n) is 1.53. The Kier molecular flexibility index (Phi) is 1.83.